The lowest BCUT2D eigenvalue weighted by atomic mass is 10.1. The Bertz CT molecular complexity index is 680. The van der Waals surface area contributed by atoms with Crippen LogP contribution in [-0.4, -0.2) is 50.4 Å². The van der Waals surface area contributed by atoms with E-state index < -0.39 is 27.7 Å². The molecule has 1 aliphatic rings. The molecule has 0 aliphatic carbocycles. The van der Waals surface area contributed by atoms with Crippen molar-refractivity contribution in [3.63, 3.8) is 0 Å². The van der Waals surface area contributed by atoms with Gasteiger partial charge in [0.1, 0.15) is 13.1 Å². The first kappa shape index (κ1) is 15.0. The summed E-state index contributed by atoms with van der Waals surface area (Å²) in [5.74, 6) is -1.53. The molecule has 9 heteroatoms. The molecule has 0 spiro atoms. The standard InChI is InChI=1S/C12H13N3O5S/c1-21(19,20)14-9-4-2-8(3-5-9)12(18)15-6-10(16)13-11(17)7-15/h2-5,14H,6-7H2,1H3,(H,13,16,17). The van der Waals surface area contributed by atoms with Crippen molar-refractivity contribution in [1.82, 2.24) is 10.2 Å². The van der Waals surface area contributed by atoms with Crippen LogP contribution in [0.5, 0.6) is 0 Å². The van der Waals surface area contributed by atoms with Crippen LogP contribution in [0, 0.1) is 0 Å². The summed E-state index contributed by atoms with van der Waals surface area (Å²) in [5.41, 5.74) is 0.582. The molecule has 1 aliphatic heterocycles. The number of nitrogens with one attached hydrogen (secondary N) is 2. The number of hydrogen-bond acceptors (Lipinski definition) is 5. The summed E-state index contributed by atoms with van der Waals surface area (Å²) < 4.78 is 24.4. The van der Waals surface area contributed by atoms with E-state index in [1.807, 2.05) is 0 Å². The number of anilines is 1. The number of sulfonamides is 1. The molecular formula is C12H13N3O5S. The summed E-state index contributed by atoms with van der Waals surface area (Å²) in [4.78, 5) is 35.7. The van der Waals surface area contributed by atoms with Crippen molar-refractivity contribution in [3.05, 3.63) is 29.8 Å². The highest BCUT2D eigenvalue weighted by molar-refractivity contribution is 7.92. The van der Waals surface area contributed by atoms with Crippen LogP contribution < -0.4 is 10.0 Å². The number of imide groups is 1. The van der Waals surface area contributed by atoms with Crippen molar-refractivity contribution in [2.24, 2.45) is 0 Å². The zero-order chi connectivity index (χ0) is 15.6. The van der Waals surface area contributed by atoms with Crippen LogP contribution in [0.1, 0.15) is 10.4 Å². The lowest BCUT2D eigenvalue weighted by Gasteiger charge is -2.25. The molecule has 0 unspecified atom stereocenters. The average Bonchev–Trinajstić information content (AvgIpc) is 2.35. The highest BCUT2D eigenvalue weighted by Gasteiger charge is 2.26. The molecule has 0 bridgehead atoms. The molecule has 0 saturated carbocycles. The molecule has 8 nitrogen and oxygen atoms in total. The van der Waals surface area contributed by atoms with Gasteiger partial charge in [-0.1, -0.05) is 0 Å². The van der Waals surface area contributed by atoms with Crippen molar-refractivity contribution in [1.29, 1.82) is 0 Å². The minimum Gasteiger partial charge on any atom is -0.320 e. The van der Waals surface area contributed by atoms with E-state index in [0.717, 1.165) is 11.2 Å². The Morgan fingerprint density at radius 2 is 1.67 bits per heavy atom. The van der Waals surface area contributed by atoms with Gasteiger partial charge in [-0.25, -0.2) is 8.42 Å². The Kier molecular flexibility index (Phi) is 3.94. The van der Waals surface area contributed by atoms with Crippen LogP contribution in [0.25, 0.3) is 0 Å². The summed E-state index contributed by atoms with van der Waals surface area (Å²) in [7, 11) is -3.39. The number of amides is 3. The maximum absolute atomic E-state index is 12.1. The second-order valence-electron chi connectivity index (χ2n) is 4.58. The van der Waals surface area contributed by atoms with Crippen LogP contribution >= 0.6 is 0 Å². The third-order valence-corrected chi connectivity index (χ3v) is 3.28. The molecule has 3 amide bonds. The van der Waals surface area contributed by atoms with Crippen molar-refractivity contribution in [3.8, 4) is 0 Å². The predicted molar refractivity (Wildman–Crippen MR) is 74.0 cm³/mol. The highest BCUT2D eigenvalue weighted by atomic mass is 32.2. The minimum absolute atomic E-state index is 0.187. The maximum atomic E-state index is 12.1. The molecule has 1 heterocycles. The summed E-state index contributed by atoms with van der Waals surface area (Å²) >= 11 is 0. The van der Waals surface area contributed by atoms with E-state index in [0.29, 0.717) is 5.69 Å². The van der Waals surface area contributed by atoms with Gasteiger partial charge in [0, 0.05) is 11.3 Å². The lowest BCUT2D eigenvalue weighted by Crippen LogP contribution is -2.53. The van der Waals surface area contributed by atoms with Crippen LogP contribution in [0.2, 0.25) is 0 Å². The second-order valence-corrected chi connectivity index (χ2v) is 6.33. The van der Waals surface area contributed by atoms with Crippen LogP contribution in [-0.2, 0) is 19.6 Å². The monoisotopic (exact) mass is 311 g/mol. The summed E-state index contributed by atoms with van der Waals surface area (Å²) in [6.07, 6.45) is 1.02. The molecular weight excluding hydrogens is 298 g/mol. The number of benzene rings is 1. The third-order valence-electron chi connectivity index (χ3n) is 2.67. The number of piperazine rings is 1. The van der Waals surface area contributed by atoms with Gasteiger partial charge in [-0.2, -0.15) is 0 Å². The first-order chi connectivity index (χ1) is 9.74. The zero-order valence-corrected chi connectivity index (χ0v) is 11.9. The van der Waals surface area contributed by atoms with E-state index in [9.17, 15) is 22.8 Å². The fourth-order valence-electron chi connectivity index (χ4n) is 1.86. The summed E-state index contributed by atoms with van der Waals surface area (Å²) in [5, 5.41) is 2.10. The Balaban J connectivity index is 2.13. The summed E-state index contributed by atoms with van der Waals surface area (Å²) in [6, 6.07) is 5.71. The van der Waals surface area contributed by atoms with Gasteiger partial charge in [0.2, 0.25) is 21.8 Å². The van der Waals surface area contributed by atoms with Gasteiger partial charge in [-0.15, -0.1) is 0 Å². The molecule has 1 saturated heterocycles. The van der Waals surface area contributed by atoms with Crippen molar-refractivity contribution in [2.45, 2.75) is 0 Å². The van der Waals surface area contributed by atoms with E-state index in [2.05, 4.69) is 10.0 Å². The number of nitrogens with zero attached hydrogens (tertiary/aromatic N) is 1. The van der Waals surface area contributed by atoms with Gasteiger partial charge in [0.25, 0.3) is 5.91 Å². The van der Waals surface area contributed by atoms with E-state index in [4.69, 9.17) is 0 Å². The number of rotatable bonds is 3. The average molecular weight is 311 g/mol. The van der Waals surface area contributed by atoms with Gasteiger partial charge >= 0.3 is 0 Å². The SMILES string of the molecule is CS(=O)(=O)Nc1ccc(C(=O)N2CC(=O)NC(=O)C2)cc1. The number of carbonyl (C=O) groups is 3. The zero-order valence-electron chi connectivity index (χ0n) is 11.1. The van der Waals surface area contributed by atoms with Crippen LogP contribution in [0.4, 0.5) is 5.69 Å². The highest BCUT2D eigenvalue weighted by Crippen LogP contribution is 2.13. The normalized spacial score (nSPS) is 15.6. The van der Waals surface area contributed by atoms with Gasteiger partial charge in [-0.3, -0.25) is 24.4 Å². The predicted octanol–water partition coefficient (Wildman–Crippen LogP) is -0.843. The van der Waals surface area contributed by atoms with E-state index in [1.54, 1.807) is 0 Å². The Morgan fingerprint density at radius 1 is 1.14 bits per heavy atom. The topological polar surface area (TPSA) is 113 Å². The molecule has 2 N–H and O–H groups in total. The van der Waals surface area contributed by atoms with Gasteiger partial charge in [0.15, 0.2) is 0 Å². The van der Waals surface area contributed by atoms with Gasteiger partial charge in [0.05, 0.1) is 6.26 Å². The Morgan fingerprint density at radius 3 is 2.14 bits per heavy atom. The van der Waals surface area contributed by atoms with Crippen molar-refractivity contribution in [2.75, 3.05) is 24.1 Å². The fraction of sp³-hybridized carbons (Fsp3) is 0.250. The smallest absolute Gasteiger partial charge is 0.254 e. The molecule has 1 fully saturated rings. The first-order valence-electron chi connectivity index (χ1n) is 5.94. The fourth-order valence-corrected chi connectivity index (χ4v) is 2.42. The van der Waals surface area contributed by atoms with E-state index in [1.165, 1.54) is 24.3 Å². The van der Waals surface area contributed by atoms with Crippen molar-refractivity contribution < 1.29 is 22.8 Å². The van der Waals surface area contributed by atoms with E-state index in [-0.39, 0.29) is 18.7 Å². The lowest BCUT2D eigenvalue weighted by molar-refractivity contribution is -0.135. The third kappa shape index (κ3) is 4.02. The maximum Gasteiger partial charge on any atom is 0.254 e. The van der Waals surface area contributed by atoms with Crippen LogP contribution in [0.3, 0.4) is 0 Å². The Labute approximate surface area is 121 Å². The molecule has 1 aromatic carbocycles. The van der Waals surface area contributed by atoms with Gasteiger partial charge in [-0.05, 0) is 24.3 Å². The molecule has 112 valence electrons. The number of carbonyl (C=O) groups excluding carboxylic acids is 3. The molecule has 2 rings (SSSR count). The molecule has 0 aromatic heterocycles. The quantitative estimate of drug-likeness (QED) is 0.707. The minimum atomic E-state index is -3.39. The first-order valence-corrected chi connectivity index (χ1v) is 7.83. The summed E-state index contributed by atoms with van der Waals surface area (Å²) in [6.45, 7) is -0.373. The van der Waals surface area contributed by atoms with Gasteiger partial charge < -0.3 is 4.90 Å². The van der Waals surface area contributed by atoms with E-state index >= 15 is 0 Å². The largest absolute Gasteiger partial charge is 0.320 e. The second kappa shape index (κ2) is 5.52. The van der Waals surface area contributed by atoms with Crippen molar-refractivity contribution >= 4 is 33.4 Å². The molecule has 0 atom stereocenters. The molecule has 1 aromatic rings. The van der Waals surface area contributed by atoms with Crippen LogP contribution in [0.15, 0.2) is 24.3 Å². The molecule has 21 heavy (non-hydrogen) atoms. The number of hydrogen-bond donors (Lipinski definition) is 2. The molecule has 0 radical (unpaired) electrons. The Hall–Kier alpha value is -2.42.